The third-order valence-electron chi connectivity index (χ3n) is 5.48. The van der Waals surface area contributed by atoms with Crippen molar-refractivity contribution in [2.24, 2.45) is 0 Å². The van der Waals surface area contributed by atoms with Crippen LogP contribution in [0.2, 0.25) is 5.02 Å². The molecule has 5 rings (SSSR count). The molecule has 2 aromatic carbocycles. The van der Waals surface area contributed by atoms with Gasteiger partial charge in [-0.3, -0.25) is 9.36 Å². The highest BCUT2D eigenvalue weighted by Gasteiger charge is 2.24. The molecule has 1 aliphatic rings. The van der Waals surface area contributed by atoms with Gasteiger partial charge in [0, 0.05) is 9.90 Å². The predicted molar refractivity (Wildman–Crippen MR) is 119 cm³/mol. The Hall–Kier alpha value is -2.63. The fourth-order valence-corrected chi connectivity index (χ4v) is 5.72. The zero-order valence-electron chi connectivity index (χ0n) is 15.7. The molecule has 4 nitrogen and oxygen atoms in total. The molecule has 6 heteroatoms. The molecule has 0 bridgehead atoms. The molecule has 0 amide bonds. The predicted octanol–water partition coefficient (Wildman–Crippen LogP) is 4.79. The Labute approximate surface area is 176 Å². The van der Waals surface area contributed by atoms with Gasteiger partial charge in [-0.05, 0) is 61.1 Å². The molecule has 0 N–H and O–H groups in total. The minimum absolute atomic E-state index is 0.210. The van der Waals surface area contributed by atoms with Crippen LogP contribution in [0, 0.1) is 0 Å². The molecule has 0 spiro atoms. The second-order valence-electron chi connectivity index (χ2n) is 7.37. The van der Waals surface area contributed by atoms with E-state index in [0.717, 1.165) is 41.6 Å². The number of hydrogen-bond donors (Lipinski definition) is 0. The van der Waals surface area contributed by atoms with Crippen molar-refractivity contribution in [3.8, 4) is 5.69 Å². The lowest BCUT2D eigenvalue weighted by molar-refractivity contribution is 0.696. The summed E-state index contributed by atoms with van der Waals surface area (Å²) in [4.78, 5) is 29.0. The van der Waals surface area contributed by atoms with E-state index in [4.69, 9.17) is 11.6 Å². The van der Waals surface area contributed by atoms with Crippen LogP contribution in [0.4, 0.5) is 0 Å². The van der Waals surface area contributed by atoms with Gasteiger partial charge in [-0.25, -0.2) is 9.36 Å². The summed E-state index contributed by atoms with van der Waals surface area (Å²) >= 11 is 7.76. The van der Waals surface area contributed by atoms with Gasteiger partial charge in [0.1, 0.15) is 4.83 Å². The minimum atomic E-state index is -0.313. The molecule has 0 atom stereocenters. The smallest absolute Gasteiger partial charge is 0.279 e. The number of benzene rings is 2. The van der Waals surface area contributed by atoms with Crippen LogP contribution in [-0.2, 0) is 19.4 Å². The molecule has 2 aromatic heterocycles. The first kappa shape index (κ1) is 18.4. The standard InChI is InChI=1S/C23H19ClN2O2S/c24-16-8-6-7-15(13-16)14-25-22-20(18-11-4-5-12-19(18)29-22)21(27)26(23(25)28)17-9-2-1-3-10-17/h1-3,6-10,13H,4-5,11-12,14H2. The maximum absolute atomic E-state index is 13.5. The Balaban J connectivity index is 1.84. The van der Waals surface area contributed by atoms with Crippen molar-refractivity contribution in [3.63, 3.8) is 0 Å². The normalized spacial score (nSPS) is 13.6. The van der Waals surface area contributed by atoms with E-state index in [1.807, 2.05) is 42.5 Å². The van der Waals surface area contributed by atoms with Crippen molar-refractivity contribution in [2.45, 2.75) is 32.2 Å². The van der Waals surface area contributed by atoms with Crippen molar-refractivity contribution in [1.82, 2.24) is 9.13 Å². The average molecular weight is 423 g/mol. The lowest BCUT2D eigenvalue weighted by Gasteiger charge is -2.13. The summed E-state index contributed by atoms with van der Waals surface area (Å²) in [5.41, 5.74) is 2.14. The molecule has 2 heterocycles. The third-order valence-corrected chi connectivity index (χ3v) is 7.03. The highest BCUT2D eigenvalue weighted by Crippen LogP contribution is 2.34. The monoisotopic (exact) mass is 422 g/mol. The number of rotatable bonds is 3. The molecule has 4 aromatic rings. The van der Waals surface area contributed by atoms with E-state index < -0.39 is 0 Å². The van der Waals surface area contributed by atoms with Gasteiger partial charge in [-0.1, -0.05) is 41.9 Å². The summed E-state index contributed by atoms with van der Waals surface area (Å²) in [6.45, 7) is 0.377. The van der Waals surface area contributed by atoms with E-state index in [1.54, 1.807) is 28.0 Å². The molecule has 0 radical (unpaired) electrons. The van der Waals surface area contributed by atoms with E-state index in [0.29, 0.717) is 22.6 Å². The van der Waals surface area contributed by atoms with Crippen molar-refractivity contribution in [1.29, 1.82) is 0 Å². The van der Waals surface area contributed by atoms with Gasteiger partial charge < -0.3 is 0 Å². The molecule has 0 aliphatic heterocycles. The quantitative estimate of drug-likeness (QED) is 0.476. The van der Waals surface area contributed by atoms with Gasteiger partial charge in [0.25, 0.3) is 5.56 Å². The fourth-order valence-electron chi connectivity index (χ4n) is 4.13. The summed E-state index contributed by atoms with van der Waals surface area (Å²) in [5, 5.41) is 1.34. The molecular formula is C23H19ClN2O2S. The molecule has 0 fully saturated rings. The largest absolute Gasteiger partial charge is 0.337 e. The molecule has 0 saturated heterocycles. The summed E-state index contributed by atoms with van der Waals surface area (Å²) in [6, 6.07) is 16.7. The van der Waals surface area contributed by atoms with Gasteiger partial charge in [-0.15, -0.1) is 11.3 Å². The maximum atomic E-state index is 13.5. The Morgan fingerprint density at radius 1 is 0.966 bits per heavy atom. The van der Waals surface area contributed by atoms with Gasteiger partial charge >= 0.3 is 5.69 Å². The van der Waals surface area contributed by atoms with Crippen LogP contribution in [0.1, 0.15) is 28.8 Å². The first-order valence-electron chi connectivity index (χ1n) is 9.73. The number of aryl methyl sites for hydroxylation is 2. The highest BCUT2D eigenvalue weighted by atomic mass is 35.5. The van der Waals surface area contributed by atoms with E-state index in [-0.39, 0.29) is 11.2 Å². The average Bonchev–Trinajstić information content (AvgIpc) is 3.12. The molecule has 0 saturated carbocycles. The molecule has 0 unspecified atom stereocenters. The zero-order chi connectivity index (χ0) is 20.0. The minimum Gasteiger partial charge on any atom is -0.279 e. The number of fused-ring (bicyclic) bond motifs is 3. The van der Waals surface area contributed by atoms with Crippen LogP contribution in [0.3, 0.4) is 0 Å². The molecule has 29 heavy (non-hydrogen) atoms. The van der Waals surface area contributed by atoms with Gasteiger partial charge in [-0.2, -0.15) is 0 Å². The lowest BCUT2D eigenvalue weighted by Crippen LogP contribution is -2.39. The van der Waals surface area contributed by atoms with Crippen LogP contribution in [0.5, 0.6) is 0 Å². The maximum Gasteiger partial charge on any atom is 0.337 e. The Morgan fingerprint density at radius 3 is 2.55 bits per heavy atom. The van der Waals surface area contributed by atoms with Crippen molar-refractivity contribution in [3.05, 3.63) is 96.5 Å². The number of thiophene rings is 1. The Kier molecular flexibility index (Phi) is 4.64. The van der Waals surface area contributed by atoms with E-state index in [1.165, 1.54) is 9.44 Å². The topological polar surface area (TPSA) is 44.0 Å². The van der Waals surface area contributed by atoms with E-state index in [9.17, 15) is 9.59 Å². The van der Waals surface area contributed by atoms with Crippen molar-refractivity contribution >= 4 is 33.2 Å². The highest BCUT2D eigenvalue weighted by molar-refractivity contribution is 7.18. The first-order chi connectivity index (χ1) is 14.1. The van der Waals surface area contributed by atoms with Crippen LogP contribution in [0.15, 0.2) is 64.2 Å². The lowest BCUT2D eigenvalue weighted by atomic mass is 9.97. The van der Waals surface area contributed by atoms with Crippen LogP contribution in [0.25, 0.3) is 15.9 Å². The summed E-state index contributed by atoms with van der Waals surface area (Å²) < 4.78 is 3.05. The van der Waals surface area contributed by atoms with Gasteiger partial charge in [0.2, 0.25) is 0 Å². The molecule has 1 aliphatic carbocycles. The van der Waals surface area contributed by atoms with Crippen LogP contribution in [-0.4, -0.2) is 9.13 Å². The molecular weight excluding hydrogens is 404 g/mol. The van der Waals surface area contributed by atoms with Gasteiger partial charge in [0.15, 0.2) is 0 Å². The number of hydrogen-bond acceptors (Lipinski definition) is 3. The van der Waals surface area contributed by atoms with Crippen LogP contribution >= 0.6 is 22.9 Å². The van der Waals surface area contributed by atoms with Crippen LogP contribution < -0.4 is 11.2 Å². The Morgan fingerprint density at radius 2 is 1.76 bits per heavy atom. The number of para-hydroxylation sites is 1. The second kappa shape index (κ2) is 7.32. The summed E-state index contributed by atoms with van der Waals surface area (Å²) in [6.07, 6.45) is 4.09. The number of halogens is 1. The molecule has 146 valence electrons. The fraction of sp³-hybridized carbons (Fsp3) is 0.217. The van der Waals surface area contributed by atoms with E-state index in [2.05, 4.69) is 0 Å². The first-order valence-corrected chi connectivity index (χ1v) is 10.9. The summed E-state index contributed by atoms with van der Waals surface area (Å²) in [5.74, 6) is 0. The second-order valence-corrected chi connectivity index (χ2v) is 8.89. The Bertz CT molecular complexity index is 1330. The summed E-state index contributed by atoms with van der Waals surface area (Å²) in [7, 11) is 0. The SMILES string of the molecule is O=c1c2c3c(sc2n(Cc2cccc(Cl)c2)c(=O)n1-c1ccccc1)CCCC3. The third kappa shape index (κ3) is 3.15. The van der Waals surface area contributed by atoms with E-state index >= 15 is 0 Å². The van der Waals surface area contributed by atoms with Crippen molar-refractivity contribution in [2.75, 3.05) is 0 Å². The van der Waals surface area contributed by atoms with Crippen molar-refractivity contribution < 1.29 is 0 Å². The zero-order valence-corrected chi connectivity index (χ0v) is 17.3. The van der Waals surface area contributed by atoms with Gasteiger partial charge in [0.05, 0.1) is 17.6 Å². The number of aromatic nitrogens is 2. The number of nitrogens with zero attached hydrogens (tertiary/aromatic N) is 2.